The van der Waals surface area contributed by atoms with E-state index in [-0.39, 0.29) is 12.6 Å². The molecule has 0 bridgehead atoms. The fraction of sp³-hybridized carbons (Fsp3) is 0.538. The van der Waals surface area contributed by atoms with Crippen molar-refractivity contribution in [3.63, 3.8) is 0 Å². The number of anilines is 4. The minimum absolute atomic E-state index is 0.214. The number of pyridine rings is 2. The number of hydrogen-bond acceptors (Lipinski definition) is 9. The zero-order valence-electron chi connectivity index (χ0n) is 21.2. The number of aromatic nitrogens is 4. The Morgan fingerprint density at radius 3 is 2.67 bits per heavy atom. The molecule has 5 heterocycles. The maximum atomic E-state index is 14.8. The molecule has 2 aliphatic rings. The smallest absolute Gasteiger partial charge is 0.227 e. The third-order valence-corrected chi connectivity index (χ3v) is 6.91. The van der Waals surface area contributed by atoms with E-state index in [0.29, 0.717) is 49.6 Å². The lowest BCUT2D eigenvalue weighted by atomic mass is 9.98. The van der Waals surface area contributed by atoms with Crippen LogP contribution in [0.15, 0.2) is 30.7 Å². The number of hydrogen-bond donors (Lipinski definition) is 2. The predicted molar refractivity (Wildman–Crippen MR) is 141 cm³/mol. The summed E-state index contributed by atoms with van der Waals surface area (Å²) in [5.74, 6) is 3.17. The Labute approximate surface area is 211 Å². The quantitative estimate of drug-likeness (QED) is 0.433. The van der Waals surface area contributed by atoms with Crippen molar-refractivity contribution in [2.24, 2.45) is 0 Å². The van der Waals surface area contributed by atoms with Crippen molar-refractivity contribution in [3.05, 3.63) is 36.3 Å². The Morgan fingerprint density at radius 2 is 1.94 bits per heavy atom. The molecule has 2 N–H and O–H groups in total. The summed E-state index contributed by atoms with van der Waals surface area (Å²) in [5.41, 5.74) is 1.19. The molecule has 5 rings (SSSR count). The topological polar surface area (TPSA) is 91.3 Å². The lowest BCUT2D eigenvalue weighted by Gasteiger charge is -2.34. The highest BCUT2D eigenvalue weighted by atomic mass is 19.1. The molecule has 9 nitrogen and oxygen atoms in total. The van der Waals surface area contributed by atoms with Crippen LogP contribution in [-0.2, 0) is 4.74 Å². The lowest BCUT2D eigenvalue weighted by molar-refractivity contribution is -0.0109. The number of alkyl halides is 1. The highest BCUT2D eigenvalue weighted by Gasteiger charge is 2.31. The van der Waals surface area contributed by atoms with E-state index in [1.165, 1.54) is 12.0 Å². The van der Waals surface area contributed by atoms with E-state index in [2.05, 4.69) is 50.4 Å². The van der Waals surface area contributed by atoms with Gasteiger partial charge in [-0.25, -0.2) is 19.3 Å². The number of likely N-dealkylation sites (N-methyl/N-ethyl adjacent to an activating group) is 1. The molecule has 10 heteroatoms. The van der Waals surface area contributed by atoms with Gasteiger partial charge in [-0.15, -0.1) is 0 Å². The standard InChI is InChI=1S/C26H35FN8O/c1-17(2)19-14-31-25(34-9-4-10-34)20-15-30-24(13-18(19)20)32-23-5-7-29-26(33-23)35-11-6-22(21(27)16-35)36-12-8-28-3/h5,7,13-15,17,21-22,28H,4,6,8-12,16H2,1-3H3,(H,29,30,32,33). The summed E-state index contributed by atoms with van der Waals surface area (Å²) in [4.78, 5) is 22.7. The molecule has 0 amide bonds. The van der Waals surface area contributed by atoms with Crippen molar-refractivity contribution < 1.29 is 9.13 Å². The van der Waals surface area contributed by atoms with Crippen LogP contribution < -0.4 is 20.4 Å². The van der Waals surface area contributed by atoms with Crippen LogP contribution in [0.1, 0.15) is 38.2 Å². The molecule has 2 aliphatic heterocycles. The third kappa shape index (κ3) is 5.19. The molecule has 0 aromatic carbocycles. The summed E-state index contributed by atoms with van der Waals surface area (Å²) in [7, 11) is 1.86. The molecule has 192 valence electrons. The van der Waals surface area contributed by atoms with Gasteiger partial charge in [-0.3, -0.25) is 0 Å². The van der Waals surface area contributed by atoms with Gasteiger partial charge in [0, 0.05) is 50.2 Å². The Bertz CT molecular complexity index is 1190. The van der Waals surface area contributed by atoms with Crippen molar-refractivity contribution >= 4 is 34.2 Å². The van der Waals surface area contributed by atoms with Crippen LogP contribution in [0, 0.1) is 0 Å². The number of ether oxygens (including phenoxy) is 1. The van der Waals surface area contributed by atoms with Gasteiger partial charge >= 0.3 is 0 Å². The molecule has 0 saturated carbocycles. The monoisotopic (exact) mass is 494 g/mol. The molecule has 2 unspecified atom stereocenters. The first-order valence-corrected chi connectivity index (χ1v) is 12.8. The molecule has 2 fully saturated rings. The molecule has 0 radical (unpaired) electrons. The van der Waals surface area contributed by atoms with E-state index in [1.54, 1.807) is 12.3 Å². The van der Waals surface area contributed by atoms with Gasteiger partial charge < -0.3 is 25.2 Å². The zero-order valence-corrected chi connectivity index (χ0v) is 21.2. The highest BCUT2D eigenvalue weighted by Crippen LogP contribution is 2.34. The predicted octanol–water partition coefficient (Wildman–Crippen LogP) is 3.65. The number of nitrogens with one attached hydrogen (secondary N) is 2. The maximum Gasteiger partial charge on any atom is 0.227 e. The van der Waals surface area contributed by atoms with Crippen LogP contribution in [0.2, 0.25) is 0 Å². The summed E-state index contributed by atoms with van der Waals surface area (Å²) >= 11 is 0. The van der Waals surface area contributed by atoms with Gasteiger partial charge in [-0.05, 0) is 48.9 Å². The average Bonchev–Trinajstić information content (AvgIpc) is 2.84. The molecule has 2 saturated heterocycles. The highest BCUT2D eigenvalue weighted by molar-refractivity contribution is 5.96. The molecule has 2 atom stereocenters. The Hall–Kier alpha value is -3.11. The van der Waals surface area contributed by atoms with E-state index in [0.717, 1.165) is 29.7 Å². The average molecular weight is 495 g/mol. The molecule has 3 aromatic rings. The second-order valence-corrected chi connectivity index (χ2v) is 9.78. The second kappa shape index (κ2) is 10.9. The number of rotatable bonds is 9. The van der Waals surface area contributed by atoms with Crippen LogP contribution in [0.5, 0.6) is 0 Å². The normalized spacial score (nSPS) is 20.1. The minimum atomic E-state index is -1.08. The van der Waals surface area contributed by atoms with Gasteiger partial charge in [-0.2, -0.15) is 4.98 Å². The van der Waals surface area contributed by atoms with E-state index in [4.69, 9.17) is 9.72 Å². The van der Waals surface area contributed by atoms with Gasteiger partial charge in [0.15, 0.2) is 0 Å². The number of halogens is 1. The van der Waals surface area contributed by atoms with Crippen molar-refractivity contribution in [3.8, 4) is 0 Å². The van der Waals surface area contributed by atoms with E-state index >= 15 is 0 Å². The number of fused-ring (bicyclic) bond motifs is 1. The Balaban J connectivity index is 1.33. The minimum Gasteiger partial charge on any atom is -0.374 e. The van der Waals surface area contributed by atoms with Crippen LogP contribution in [-0.4, -0.2) is 78.6 Å². The van der Waals surface area contributed by atoms with Gasteiger partial charge in [0.05, 0.1) is 19.3 Å². The molecule has 36 heavy (non-hydrogen) atoms. The molecule has 3 aromatic heterocycles. The zero-order chi connectivity index (χ0) is 25.1. The fourth-order valence-electron chi connectivity index (χ4n) is 4.72. The van der Waals surface area contributed by atoms with Crippen LogP contribution in [0.25, 0.3) is 10.8 Å². The second-order valence-electron chi connectivity index (χ2n) is 9.78. The Morgan fingerprint density at radius 1 is 1.08 bits per heavy atom. The molecule has 0 spiro atoms. The largest absolute Gasteiger partial charge is 0.374 e. The van der Waals surface area contributed by atoms with Gasteiger partial charge in [0.1, 0.15) is 23.6 Å². The van der Waals surface area contributed by atoms with Crippen molar-refractivity contribution in [2.75, 3.05) is 61.5 Å². The van der Waals surface area contributed by atoms with E-state index in [1.807, 2.05) is 24.3 Å². The summed E-state index contributed by atoms with van der Waals surface area (Å²) in [6.45, 7) is 8.50. The molecular formula is C26H35FN8O. The first kappa shape index (κ1) is 24.6. The Kier molecular flexibility index (Phi) is 7.43. The maximum absolute atomic E-state index is 14.8. The molecule has 0 aliphatic carbocycles. The van der Waals surface area contributed by atoms with Crippen molar-refractivity contribution in [1.82, 2.24) is 25.3 Å². The van der Waals surface area contributed by atoms with E-state index < -0.39 is 6.17 Å². The number of piperidine rings is 1. The van der Waals surface area contributed by atoms with Crippen LogP contribution >= 0.6 is 0 Å². The fourth-order valence-corrected chi connectivity index (χ4v) is 4.72. The summed E-state index contributed by atoms with van der Waals surface area (Å²) in [6.07, 6.45) is 5.92. The van der Waals surface area contributed by atoms with Crippen molar-refractivity contribution in [2.45, 2.75) is 44.9 Å². The van der Waals surface area contributed by atoms with Gasteiger partial charge in [0.25, 0.3) is 0 Å². The van der Waals surface area contributed by atoms with Crippen molar-refractivity contribution in [1.29, 1.82) is 0 Å². The van der Waals surface area contributed by atoms with Crippen LogP contribution in [0.3, 0.4) is 0 Å². The molecular weight excluding hydrogens is 459 g/mol. The third-order valence-electron chi connectivity index (χ3n) is 6.91. The summed E-state index contributed by atoms with van der Waals surface area (Å²) in [6, 6.07) is 3.88. The first-order valence-electron chi connectivity index (χ1n) is 12.8. The van der Waals surface area contributed by atoms with Gasteiger partial charge in [-0.1, -0.05) is 13.8 Å². The van der Waals surface area contributed by atoms with E-state index in [9.17, 15) is 4.39 Å². The SMILES string of the molecule is CNCCOC1CCN(c2nccc(Nc3cc4c(C(C)C)cnc(N5CCC5)c4cn3)n2)CC1F. The van der Waals surface area contributed by atoms with Gasteiger partial charge in [0.2, 0.25) is 5.95 Å². The number of nitrogens with zero attached hydrogens (tertiary/aromatic N) is 6. The van der Waals surface area contributed by atoms with Crippen LogP contribution in [0.4, 0.5) is 27.8 Å². The first-order chi connectivity index (χ1) is 17.5. The summed E-state index contributed by atoms with van der Waals surface area (Å²) < 4.78 is 20.4. The lowest BCUT2D eigenvalue weighted by Crippen LogP contribution is -2.46. The summed E-state index contributed by atoms with van der Waals surface area (Å²) in [5, 5.41) is 8.56.